The van der Waals surface area contributed by atoms with E-state index < -0.39 is 6.04 Å². The van der Waals surface area contributed by atoms with Crippen LogP contribution in [0, 0.1) is 19.8 Å². The molecule has 4 rings (SSSR count). The number of phenolic OH excluding ortho intramolecular Hbond substituents is 1. The maximum Gasteiger partial charge on any atom is 0.237 e. The Bertz CT molecular complexity index is 1120. The van der Waals surface area contributed by atoms with Gasteiger partial charge >= 0.3 is 0 Å². The first-order valence-corrected chi connectivity index (χ1v) is 12.0. The summed E-state index contributed by atoms with van der Waals surface area (Å²) >= 11 is 0. The zero-order chi connectivity index (χ0) is 24.1. The van der Waals surface area contributed by atoms with Gasteiger partial charge in [-0.05, 0) is 97.5 Å². The van der Waals surface area contributed by atoms with Crippen LogP contribution < -0.4 is 15.8 Å². The molecular formula is C29H34N2O3. The van der Waals surface area contributed by atoms with Gasteiger partial charge in [0.25, 0.3) is 0 Å². The number of rotatable bonds is 10. The van der Waals surface area contributed by atoms with Gasteiger partial charge in [0.05, 0.1) is 12.6 Å². The fourth-order valence-corrected chi connectivity index (χ4v) is 4.26. The van der Waals surface area contributed by atoms with Crippen LogP contribution in [0.2, 0.25) is 0 Å². The van der Waals surface area contributed by atoms with E-state index in [4.69, 9.17) is 10.5 Å². The molecule has 0 unspecified atom stereocenters. The molecule has 0 heterocycles. The SMILES string of the molecule is Cc1cc(O)cc(C)c1C[C@H](N)C(=O)NCc1cc(Cc2ccccc2)ccc1OCC1CC1. The standard InChI is InChI=1S/C29H34N2O3/c1-19-12-25(32)13-20(2)26(19)16-27(30)29(33)31-17-24-15-23(14-21-6-4-3-5-7-21)10-11-28(24)34-18-22-8-9-22/h3-7,10-13,15,22,27,32H,8-9,14,16-18,30H2,1-2H3,(H,31,33)/t27-/m0/s1. The topological polar surface area (TPSA) is 84.6 Å². The van der Waals surface area contributed by atoms with Crippen molar-refractivity contribution in [1.29, 1.82) is 0 Å². The Labute approximate surface area is 202 Å². The molecule has 0 aliphatic heterocycles. The van der Waals surface area contributed by atoms with Crippen LogP contribution in [0.15, 0.2) is 60.7 Å². The smallest absolute Gasteiger partial charge is 0.237 e. The van der Waals surface area contributed by atoms with Crippen molar-refractivity contribution < 1.29 is 14.6 Å². The van der Waals surface area contributed by atoms with E-state index in [0.717, 1.165) is 41.0 Å². The number of aromatic hydroxyl groups is 1. The number of carbonyl (C=O) groups is 1. The van der Waals surface area contributed by atoms with Crippen molar-refractivity contribution in [2.45, 2.75) is 52.1 Å². The van der Waals surface area contributed by atoms with Crippen LogP contribution in [-0.4, -0.2) is 23.7 Å². The molecule has 1 fully saturated rings. The Balaban J connectivity index is 1.43. The molecule has 0 aromatic heterocycles. The molecule has 34 heavy (non-hydrogen) atoms. The van der Waals surface area contributed by atoms with E-state index in [1.165, 1.54) is 24.0 Å². The van der Waals surface area contributed by atoms with Crippen LogP contribution in [-0.2, 0) is 24.2 Å². The molecule has 1 aliphatic carbocycles. The third-order valence-corrected chi connectivity index (χ3v) is 6.44. The molecule has 0 saturated heterocycles. The van der Waals surface area contributed by atoms with Gasteiger partial charge in [0, 0.05) is 12.1 Å². The van der Waals surface area contributed by atoms with Gasteiger partial charge < -0.3 is 20.9 Å². The monoisotopic (exact) mass is 458 g/mol. The molecule has 0 spiro atoms. The van der Waals surface area contributed by atoms with Gasteiger partial charge in [-0.1, -0.05) is 36.4 Å². The lowest BCUT2D eigenvalue weighted by Gasteiger charge is -2.18. The Hall–Kier alpha value is -3.31. The summed E-state index contributed by atoms with van der Waals surface area (Å²) in [6, 6.07) is 19.3. The summed E-state index contributed by atoms with van der Waals surface area (Å²) in [5, 5.41) is 12.8. The predicted octanol–water partition coefficient (Wildman–Crippen LogP) is 4.57. The minimum absolute atomic E-state index is 0.200. The van der Waals surface area contributed by atoms with Gasteiger partial charge in [-0.3, -0.25) is 4.79 Å². The van der Waals surface area contributed by atoms with Crippen molar-refractivity contribution in [1.82, 2.24) is 5.32 Å². The quantitative estimate of drug-likeness (QED) is 0.415. The van der Waals surface area contributed by atoms with Crippen LogP contribution in [0.4, 0.5) is 0 Å². The highest BCUT2D eigenvalue weighted by Crippen LogP contribution is 2.31. The second-order valence-electron chi connectivity index (χ2n) is 9.45. The van der Waals surface area contributed by atoms with E-state index in [2.05, 4.69) is 29.6 Å². The zero-order valence-electron chi connectivity index (χ0n) is 20.0. The number of ether oxygens (including phenoxy) is 1. The number of nitrogens with one attached hydrogen (secondary N) is 1. The molecule has 5 heteroatoms. The number of hydrogen-bond donors (Lipinski definition) is 3. The van der Waals surface area contributed by atoms with E-state index in [-0.39, 0.29) is 11.7 Å². The minimum atomic E-state index is -0.676. The maximum atomic E-state index is 12.8. The van der Waals surface area contributed by atoms with Gasteiger partial charge in [0.2, 0.25) is 5.91 Å². The fourth-order valence-electron chi connectivity index (χ4n) is 4.26. The lowest BCUT2D eigenvalue weighted by atomic mass is 9.96. The molecule has 4 N–H and O–H groups in total. The molecule has 178 valence electrons. The number of phenols is 1. The maximum absolute atomic E-state index is 12.8. The van der Waals surface area contributed by atoms with Gasteiger partial charge in [-0.2, -0.15) is 0 Å². The van der Waals surface area contributed by atoms with Gasteiger partial charge in [-0.15, -0.1) is 0 Å². The average Bonchev–Trinajstić information content (AvgIpc) is 3.64. The molecular weight excluding hydrogens is 424 g/mol. The lowest BCUT2D eigenvalue weighted by Crippen LogP contribution is -2.42. The van der Waals surface area contributed by atoms with Crippen molar-refractivity contribution in [2.75, 3.05) is 6.61 Å². The fraction of sp³-hybridized carbons (Fsp3) is 0.345. The molecule has 1 saturated carbocycles. The van der Waals surface area contributed by atoms with Gasteiger partial charge in [-0.25, -0.2) is 0 Å². The first-order chi connectivity index (χ1) is 16.4. The Kier molecular flexibility index (Phi) is 7.53. The van der Waals surface area contributed by atoms with Crippen molar-refractivity contribution in [3.63, 3.8) is 0 Å². The van der Waals surface area contributed by atoms with Crippen LogP contribution >= 0.6 is 0 Å². The van der Waals surface area contributed by atoms with E-state index in [1.54, 1.807) is 12.1 Å². The van der Waals surface area contributed by atoms with Crippen molar-refractivity contribution >= 4 is 5.91 Å². The first-order valence-electron chi connectivity index (χ1n) is 12.0. The van der Waals surface area contributed by atoms with Crippen molar-refractivity contribution in [3.8, 4) is 11.5 Å². The Morgan fingerprint density at radius 1 is 1.06 bits per heavy atom. The van der Waals surface area contributed by atoms with E-state index in [0.29, 0.717) is 18.9 Å². The predicted molar refractivity (Wildman–Crippen MR) is 135 cm³/mol. The van der Waals surface area contributed by atoms with E-state index in [9.17, 15) is 9.90 Å². The molecule has 1 aliphatic rings. The molecule has 3 aromatic carbocycles. The third kappa shape index (κ3) is 6.39. The number of hydrogen-bond acceptors (Lipinski definition) is 4. The zero-order valence-corrected chi connectivity index (χ0v) is 20.0. The number of amides is 1. The largest absolute Gasteiger partial charge is 0.508 e. The summed E-state index contributed by atoms with van der Waals surface area (Å²) in [6.45, 7) is 4.93. The summed E-state index contributed by atoms with van der Waals surface area (Å²) in [5.74, 6) is 1.50. The number of aryl methyl sites for hydroxylation is 2. The molecule has 3 aromatic rings. The first kappa shape index (κ1) is 23.8. The number of benzene rings is 3. The van der Waals surface area contributed by atoms with Crippen LogP contribution in [0.1, 0.15) is 46.2 Å². The summed E-state index contributed by atoms with van der Waals surface area (Å²) in [5.41, 5.74) is 12.5. The van der Waals surface area contributed by atoms with Crippen LogP contribution in [0.25, 0.3) is 0 Å². The highest BCUT2D eigenvalue weighted by molar-refractivity contribution is 5.82. The van der Waals surface area contributed by atoms with Gasteiger partial charge in [0.15, 0.2) is 0 Å². The highest BCUT2D eigenvalue weighted by atomic mass is 16.5. The number of nitrogens with two attached hydrogens (primary N) is 1. The normalized spacial score (nSPS) is 14.0. The summed E-state index contributed by atoms with van der Waals surface area (Å²) in [6.07, 6.45) is 3.69. The molecule has 0 radical (unpaired) electrons. The van der Waals surface area contributed by atoms with Crippen molar-refractivity contribution in [3.05, 3.63) is 94.0 Å². The molecule has 0 bridgehead atoms. The molecule has 1 amide bonds. The average molecular weight is 459 g/mol. The van der Waals surface area contributed by atoms with Crippen LogP contribution in [0.5, 0.6) is 11.5 Å². The minimum Gasteiger partial charge on any atom is -0.508 e. The van der Waals surface area contributed by atoms with E-state index >= 15 is 0 Å². The summed E-state index contributed by atoms with van der Waals surface area (Å²) in [7, 11) is 0. The molecule has 5 nitrogen and oxygen atoms in total. The summed E-state index contributed by atoms with van der Waals surface area (Å²) < 4.78 is 6.09. The Morgan fingerprint density at radius 2 is 1.76 bits per heavy atom. The van der Waals surface area contributed by atoms with Crippen LogP contribution in [0.3, 0.4) is 0 Å². The van der Waals surface area contributed by atoms with Crippen molar-refractivity contribution in [2.24, 2.45) is 11.7 Å². The second-order valence-corrected chi connectivity index (χ2v) is 9.45. The molecule has 1 atom stereocenters. The van der Waals surface area contributed by atoms with E-state index in [1.807, 2.05) is 38.1 Å². The highest BCUT2D eigenvalue weighted by Gasteiger charge is 2.23. The Morgan fingerprint density at radius 3 is 2.44 bits per heavy atom. The number of carbonyl (C=O) groups excluding carboxylic acids is 1. The third-order valence-electron chi connectivity index (χ3n) is 6.44. The summed E-state index contributed by atoms with van der Waals surface area (Å²) in [4.78, 5) is 12.8. The van der Waals surface area contributed by atoms with Gasteiger partial charge in [0.1, 0.15) is 11.5 Å². The second kappa shape index (κ2) is 10.7. The lowest BCUT2D eigenvalue weighted by molar-refractivity contribution is -0.122.